The van der Waals surface area contributed by atoms with Crippen molar-refractivity contribution in [2.24, 2.45) is 0 Å². The third kappa shape index (κ3) is 17.9. The van der Waals surface area contributed by atoms with Gasteiger partial charge in [0.25, 0.3) is 0 Å². The van der Waals surface area contributed by atoms with Crippen LogP contribution in [0.5, 0.6) is 5.75 Å². The molecule has 0 bridgehead atoms. The molecule has 1 heterocycles. The average Bonchev–Trinajstić information content (AvgIpc) is 3.35. The van der Waals surface area contributed by atoms with Gasteiger partial charge in [0.2, 0.25) is 0 Å². The molecule has 9 heteroatoms. The van der Waals surface area contributed by atoms with Crippen LogP contribution in [-0.4, -0.2) is 60.9 Å². The smallest absolute Gasteiger partial charge is 0.404 e. The van der Waals surface area contributed by atoms with Crippen LogP contribution in [0.1, 0.15) is 109 Å². The Hall–Kier alpha value is -1.57. The van der Waals surface area contributed by atoms with Crippen LogP contribution in [0, 0.1) is 0 Å². The zero-order valence-electron chi connectivity index (χ0n) is 26.0. The highest BCUT2D eigenvalue weighted by atomic mass is 31.2. The van der Waals surface area contributed by atoms with Gasteiger partial charge in [0.05, 0.1) is 19.9 Å². The highest BCUT2D eigenvalue weighted by molar-refractivity contribution is 7.47. The Morgan fingerprint density at radius 3 is 2.10 bits per heavy atom. The normalized spacial score (nSPS) is 15.4. The Morgan fingerprint density at radius 1 is 0.878 bits per heavy atom. The van der Waals surface area contributed by atoms with Gasteiger partial charge in [-0.2, -0.15) is 0 Å². The van der Waals surface area contributed by atoms with E-state index in [1.165, 1.54) is 77.0 Å². The first-order chi connectivity index (χ1) is 19.9. The second-order valence-electron chi connectivity index (χ2n) is 11.2. The summed E-state index contributed by atoms with van der Waals surface area (Å²) in [6, 6.07) is 7.18. The lowest BCUT2D eigenvalue weighted by Crippen LogP contribution is -2.26. The van der Waals surface area contributed by atoms with E-state index in [0.29, 0.717) is 32.1 Å². The fourth-order valence-electron chi connectivity index (χ4n) is 4.96. The average molecular weight is 597 g/mol. The molecule has 0 spiro atoms. The maximum Gasteiger partial charge on any atom is 0.527 e. The molecule has 0 saturated heterocycles. The highest BCUT2D eigenvalue weighted by Gasteiger charge is 2.26. The summed E-state index contributed by atoms with van der Waals surface area (Å²) in [5.41, 5.74) is 0.978. The fourth-order valence-corrected chi connectivity index (χ4v) is 5.74. The number of unbranched alkanes of at least 4 members (excludes halogenated alkanes) is 13. The molecule has 236 valence electrons. The zero-order chi connectivity index (χ0) is 29.6. The van der Waals surface area contributed by atoms with E-state index in [1.807, 2.05) is 38.5 Å². The molecule has 41 heavy (non-hydrogen) atoms. The summed E-state index contributed by atoms with van der Waals surface area (Å²) in [4.78, 5) is 14.5. The van der Waals surface area contributed by atoms with E-state index in [9.17, 15) is 9.46 Å². The lowest BCUT2D eigenvalue weighted by molar-refractivity contribution is -0.0373. The Labute approximate surface area is 250 Å². The third-order valence-corrected chi connectivity index (χ3v) is 8.13. The van der Waals surface area contributed by atoms with Gasteiger partial charge in [-0.1, -0.05) is 103 Å². The SMILES string of the molecule is CCCCCCCCCCCCCCCCOCC(COP(=O)(O)Oc1cccc(CN2C=CN(C)C2)c1)OCC. The molecule has 0 radical (unpaired) electrons. The van der Waals surface area contributed by atoms with Gasteiger partial charge >= 0.3 is 7.82 Å². The van der Waals surface area contributed by atoms with E-state index in [4.69, 9.17) is 18.5 Å². The second kappa shape index (κ2) is 22.0. The van der Waals surface area contributed by atoms with E-state index < -0.39 is 13.9 Å². The van der Waals surface area contributed by atoms with Gasteiger partial charge in [0, 0.05) is 39.2 Å². The first-order valence-electron chi connectivity index (χ1n) is 16.0. The molecule has 0 aliphatic carbocycles. The van der Waals surface area contributed by atoms with E-state index in [2.05, 4.69) is 16.7 Å². The molecular formula is C32H57N2O6P. The molecule has 0 saturated carbocycles. The summed E-state index contributed by atoms with van der Waals surface area (Å²) in [6.45, 7) is 7.00. The number of ether oxygens (including phenoxy) is 2. The maximum absolute atomic E-state index is 12.6. The van der Waals surface area contributed by atoms with Crippen LogP contribution in [0.25, 0.3) is 0 Å². The Bertz CT molecular complexity index is 870. The van der Waals surface area contributed by atoms with Crippen molar-refractivity contribution in [2.45, 2.75) is 116 Å². The van der Waals surface area contributed by atoms with Crippen LogP contribution in [-0.2, 0) is 25.1 Å². The number of benzene rings is 1. The molecule has 8 nitrogen and oxygen atoms in total. The molecule has 0 fully saturated rings. The molecule has 1 N–H and O–H groups in total. The molecule has 1 aliphatic rings. The summed E-state index contributed by atoms with van der Waals surface area (Å²) < 4.78 is 34.7. The summed E-state index contributed by atoms with van der Waals surface area (Å²) in [5, 5.41) is 0. The molecule has 1 aromatic rings. The van der Waals surface area contributed by atoms with Gasteiger partial charge in [-0.05, 0) is 31.0 Å². The van der Waals surface area contributed by atoms with Crippen LogP contribution in [0.3, 0.4) is 0 Å². The molecule has 0 aromatic heterocycles. The summed E-state index contributed by atoms with van der Waals surface area (Å²) in [5.74, 6) is 0.298. The molecule has 0 amide bonds. The minimum Gasteiger partial charge on any atom is -0.404 e. The van der Waals surface area contributed by atoms with Gasteiger partial charge in [0.1, 0.15) is 11.9 Å². The van der Waals surface area contributed by atoms with Gasteiger partial charge in [0.15, 0.2) is 0 Å². The van der Waals surface area contributed by atoms with Crippen molar-refractivity contribution < 1.29 is 28.0 Å². The van der Waals surface area contributed by atoms with Gasteiger partial charge in [-0.15, -0.1) is 0 Å². The van der Waals surface area contributed by atoms with Crippen molar-refractivity contribution in [1.29, 1.82) is 0 Å². The maximum atomic E-state index is 12.6. The number of nitrogens with zero attached hydrogens (tertiary/aromatic N) is 2. The van der Waals surface area contributed by atoms with Crippen molar-refractivity contribution in [3.05, 3.63) is 42.2 Å². The minimum absolute atomic E-state index is 0.0784. The standard InChI is InChI=1S/C32H57N2O6P/c1-4-6-7-8-9-10-11-12-13-14-15-16-17-18-24-37-27-32(38-5-2)28-39-41(35,36)40-31-21-19-20-30(25-31)26-34-23-22-33(3)29-34/h19-23,25,32H,4-18,24,26-29H2,1-3H3,(H,35,36). The predicted molar refractivity (Wildman–Crippen MR) is 167 cm³/mol. The molecular weight excluding hydrogens is 539 g/mol. The van der Waals surface area contributed by atoms with Crippen molar-refractivity contribution in [2.75, 3.05) is 40.1 Å². The van der Waals surface area contributed by atoms with Crippen molar-refractivity contribution in [3.8, 4) is 5.75 Å². The van der Waals surface area contributed by atoms with Crippen LogP contribution >= 0.6 is 7.82 Å². The summed E-state index contributed by atoms with van der Waals surface area (Å²) in [7, 11) is -2.29. The fraction of sp³-hybridized carbons (Fsp3) is 0.750. The Balaban J connectivity index is 1.52. The monoisotopic (exact) mass is 596 g/mol. The summed E-state index contributed by atoms with van der Waals surface area (Å²) >= 11 is 0. The van der Waals surface area contributed by atoms with Crippen LogP contribution in [0.4, 0.5) is 0 Å². The van der Waals surface area contributed by atoms with E-state index in [1.54, 1.807) is 12.1 Å². The molecule has 2 unspecified atom stereocenters. The number of hydrogen-bond acceptors (Lipinski definition) is 7. The van der Waals surface area contributed by atoms with Gasteiger partial charge in [-0.25, -0.2) is 4.57 Å². The first kappa shape index (κ1) is 35.6. The molecule has 1 aliphatic heterocycles. The van der Waals surface area contributed by atoms with Crippen LogP contribution in [0.2, 0.25) is 0 Å². The zero-order valence-corrected chi connectivity index (χ0v) is 26.9. The van der Waals surface area contributed by atoms with Crippen LogP contribution in [0.15, 0.2) is 36.7 Å². The molecule has 2 rings (SSSR count). The topological polar surface area (TPSA) is 80.7 Å². The van der Waals surface area contributed by atoms with Crippen molar-refractivity contribution in [1.82, 2.24) is 9.80 Å². The first-order valence-corrected chi connectivity index (χ1v) is 17.5. The number of hydrogen-bond donors (Lipinski definition) is 1. The van der Waals surface area contributed by atoms with E-state index in [-0.39, 0.29) is 6.61 Å². The molecule has 1 aromatic carbocycles. The van der Waals surface area contributed by atoms with Gasteiger partial charge < -0.3 is 23.8 Å². The van der Waals surface area contributed by atoms with Crippen molar-refractivity contribution >= 4 is 7.82 Å². The largest absolute Gasteiger partial charge is 0.527 e. The third-order valence-electron chi connectivity index (χ3n) is 7.21. The second-order valence-corrected chi connectivity index (χ2v) is 12.6. The highest BCUT2D eigenvalue weighted by Crippen LogP contribution is 2.44. The van der Waals surface area contributed by atoms with Crippen molar-refractivity contribution in [3.63, 3.8) is 0 Å². The minimum atomic E-state index is -4.30. The van der Waals surface area contributed by atoms with E-state index in [0.717, 1.165) is 25.1 Å². The van der Waals surface area contributed by atoms with Gasteiger partial charge in [-0.3, -0.25) is 9.42 Å². The quantitative estimate of drug-likeness (QED) is 0.0846. The predicted octanol–water partition coefficient (Wildman–Crippen LogP) is 8.26. The molecule has 2 atom stereocenters. The van der Waals surface area contributed by atoms with E-state index >= 15 is 0 Å². The number of phosphoric ester groups is 1. The Morgan fingerprint density at radius 2 is 1.51 bits per heavy atom. The Kier molecular flexibility index (Phi) is 19.1. The number of phosphoric acid groups is 1. The number of rotatable bonds is 26. The van der Waals surface area contributed by atoms with Crippen LogP contribution < -0.4 is 4.52 Å². The lowest BCUT2D eigenvalue weighted by atomic mass is 10.0. The lowest BCUT2D eigenvalue weighted by Gasteiger charge is -2.20. The summed E-state index contributed by atoms with van der Waals surface area (Å²) in [6.07, 6.45) is 22.1.